The SMILES string of the molecule is CCC(CN)c1csc(-c2ccc[nH]2)n1. The molecule has 2 heterocycles. The minimum Gasteiger partial charge on any atom is -0.359 e. The van der Waals surface area contributed by atoms with Crippen LogP contribution in [0.2, 0.25) is 0 Å². The molecule has 0 aliphatic heterocycles. The summed E-state index contributed by atoms with van der Waals surface area (Å²) in [6.45, 7) is 2.82. The van der Waals surface area contributed by atoms with Crippen LogP contribution in [0.3, 0.4) is 0 Å². The second-order valence-electron chi connectivity index (χ2n) is 3.50. The molecule has 4 heteroatoms. The van der Waals surface area contributed by atoms with Gasteiger partial charge in [0.25, 0.3) is 0 Å². The van der Waals surface area contributed by atoms with Gasteiger partial charge in [0.1, 0.15) is 5.01 Å². The number of nitrogens with two attached hydrogens (primary N) is 1. The maximum atomic E-state index is 5.70. The molecular weight excluding hydrogens is 206 g/mol. The van der Waals surface area contributed by atoms with Crippen molar-refractivity contribution in [3.8, 4) is 10.7 Å². The van der Waals surface area contributed by atoms with Crippen LogP contribution in [0, 0.1) is 0 Å². The summed E-state index contributed by atoms with van der Waals surface area (Å²) in [5.74, 6) is 0.393. The number of hydrogen-bond acceptors (Lipinski definition) is 3. The molecule has 1 unspecified atom stereocenters. The lowest BCUT2D eigenvalue weighted by Crippen LogP contribution is -2.11. The highest BCUT2D eigenvalue weighted by Gasteiger charge is 2.12. The largest absolute Gasteiger partial charge is 0.359 e. The van der Waals surface area contributed by atoms with Crippen LogP contribution in [0.4, 0.5) is 0 Å². The molecule has 0 aromatic carbocycles. The number of nitrogens with zero attached hydrogens (tertiary/aromatic N) is 1. The molecule has 0 spiro atoms. The number of thiazole rings is 1. The van der Waals surface area contributed by atoms with Crippen molar-refractivity contribution in [3.63, 3.8) is 0 Å². The van der Waals surface area contributed by atoms with Gasteiger partial charge in [-0.25, -0.2) is 4.98 Å². The Labute approximate surface area is 93.4 Å². The lowest BCUT2D eigenvalue weighted by molar-refractivity contribution is 0.659. The van der Waals surface area contributed by atoms with Crippen molar-refractivity contribution < 1.29 is 0 Å². The molecule has 3 nitrogen and oxygen atoms in total. The number of hydrogen-bond donors (Lipinski definition) is 2. The lowest BCUT2D eigenvalue weighted by atomic mass is 10.0. The van der Waals surface area contributed by atoms with Crippen LogP contribution >= 0.6 is 11.3 Å². The van der Waals surface area contributed by atoms with Crippen LogP contribution < -0.4 is 5.73 Å². The molecule has 80 valence electrons. The van der Waals surface area contributed by atoms with E-state index in [1.54, 1.807) is 11.3 Å². The molecule has 0 aliphatic rings. The average molecular weight is 221 g/mol. The predicted octanol–water partition coefficient (Wildman–Crippen LogP) is 2.59. The summed E-state index contributed by atoms with van der Waals surface area (Å²) in [7, 11) is 0. The molecule has 2 aromatic heterocycles. The van der Waals surface area contributed by atoms with E-state index in [9.17, 15) is 0 Å². The third-order valence-corrected chi connectivity index (χ3v) is 3.44. The molecule has 0 saturated heterocycles. The number of rotatable bonds is 4. The Morgan fingerprint density at radius 3 is 3.07 bits per heavy atom. The van der Waals surface area contributed by atoms with Crippen LogP contribution in [0.5, 0.6) is 0 Å². The maximum Gasteiger partial charge on any atom is 0.139 e. The van der Waals surface area contributed by atoms with Gasteiger partial charge in [0.05, 0.1) is 11.4 Å². The van der Waals surface area contributed by atoms with Crippen LogP contribution in [0.1, 0.15) is 25.0 Å². The lowest BCUT2D eigenvalue weighted by Gasteiger charge is -2.07. The van der Waals surface area contributed by atoms with Gasteiger partial charge in [-0.1, -0.05) is 6.92 Å². The third kappa shape index (κ3) is 2.11. The average Bonchev–Trinajstić information content (AvgIpc) is 2.89. The highest BCUT2D eigenvalue weighted by atomic mass is 32.1. The van der Waals surface area contributed by atoms with E-state index < -0.39 is 0 Å². The molecule has 2 rings (SSSR count). The molecule has 0 radical (unpaired) electrons. The number of aromatic amines is 1. The zero-order chi connectivity index (χ0) is 10.7. The molecule has 3 N–H and O–H groups in total. The molecule has 0 amide bonds. The minimum absolute atomic E-state index is 0.393. The van der Waals surface area contributed by atoms with Crippen molar-refractivity contribution in [2.75, 3.05) is 6.54 Å². The highest BCUT2D eigenvalue weighted by Crippen LogP contribution is 2.26. The van der Waals surface area contributed by atoms with E-state index in [1.165, 1.54) is 0 Å². The second kappa shape index (κ2) is 4.59. The Hall–Kier alpha value is -1.13. The van der Waals surface area contributed by atoms with Gasteiger partial charge in [0.2, 0.25) is 0 Å². The first-order chi connectivity index (χ1) is 7.35. The summed E-state index contributed by atoms with van der Waals surface area (Å²) in [6.07, 6.45) is 2.96. The summed E-state index contributed by atoms with van der Waals surface area (Å²) >= 11 is 1.67. The van der Waals surface area contributed by atoms with Gasteiger partial charge in [-0.2, -0.15) is 0 Å². The highest BCUT2D eigenvalue weighted by molar-refractivity contribution is 7.13. The molecule has 1 atom stereocenters. The van der Waals surface area contributed by atoms with Crippen LogP contribution in [-0.2, 0) is 0 Å². The van der Waals surface area contributed by atoms with E-state index in [0.29, 0.717) is 12.5 Å². The van der Waals surface area contributed by atoms with Crippen molar-refractivity contribution in [2.24, 2.45) is 5.73 Å². The molecule has 15 heavy (non-hydrogen) atoms. The number of H-pyrrole nitrogens is 1. The molecule has 0 fully saturated rings. The minimum atomic E-state index is 0.393. The quantitative estimate of drug-likeness (QED) is 0.833. The van der Waals surface area contributed by atoms with Gasteiger partial charge in [-0.15, -0.1) is 11.3 Å². The zero-order valence-electron chi connectivity index (χ0n) is 8.73. The maximum absolute atomic E-state index is 5.70. The first-order valence-corrected chi connectivity index (χ1v) is 6.02. The van der Waals surface area contributed by atoms with Crippen LogP contribution in [0.25, 0.3) is 10.7 Å². The van der Waals surface area contributed by atoms with Gasteiger partial charge < -0.3 is 10.7 Å². The predicted molar refractivity (Wildman–Crippen MR) is 64.0 cm³/mol. The first kappa shape index (κ1) is 10.4. The first-order valence-electron chi connectivity index (χ1n) is 5.14. The molecule has 0 aliphatic carbocycles. The van der Waals surface area contributed by atoms with Gasteiger partial charge in [-0.05, 0) is 18.6 Å². The van der Waals surface area contributed by atoms with E-state index >= 15 is 0 Å². The molecule has 0 bridgehead atoms. The van der Waals surface area contributed by atoms with Gasteiger partial charge in [-0.3, -0.25) is 0 Å². The van der Waals surface area contributed by atoms with E-state index in [2.05, 4.69) is 22.3 Å². The molecular formula is C11H15N3S. The molecule has 0 saturated carbocycles. The Morgan fingerprint density at radius 2 is 2.47 bits per heavy atom. The van der Waals surface area contributed by atoms with Gasteiger partial charge in [0, 0.05) is 24.0 Å². The van der Waals surface area contributed by atoms with Crippen LogP contribution in [0.15, 0.2) is 23.7 Å². The summed E-state index contributed by atoms with van der Waals surface area (Å²) in [5.41, 5.74) is 7.90. The summed E-state index contributed by atoms with van der Waals surface area (Å²) in [4.78, 5) is 7.76. The fourth-order valence-electron chi connectivity index (χ4n) is 1.56. The van der Waals surface area contributed by atoms with Crippen molar-refractivity contribution in [1.82, 2.24) is 9.97 Å². The van der Waals surface area contributed by atoms with Crippen LogP contribution in [-0.4, -0.2) is 16.5 Å². The number of nitrogens with one attached hydrogen (secondary N) is 1. The third-order valence-electron chi connectivity index (χ3n) is 2.55. The second-order valence-corrected chi connectivity index (χ2v) is 4.36. The van der Waals surface area contributed by atoms with Crippen molar-refractivity contribution >= 4 is 11.3 Å². The summed E-state index contributed by atoms with van der Waals surface area (Å²) in [5, 5.41) is 3.15. The number of aromatic nitrogens is 2. The van der Waals surface area contributed by atoms with E-state index in [0.717, 1.165) is 22.8 Å². The summed E-state index contributed by atoms with van der Waals surface area (Å²) in [6, 6.07) is 4.02. The standard InChI is InChI=1S/C11H15N3S/c1-2-8(6-12)10-7-15-11(14-10)9-4-3-5-13-9/h3-5,7-8,13H,2,6,12H2,1H3. The van der Waals surface area contributed by atoms with Crippen molar-refractivity contribution in [1.29, 1.82) is 0 Å². The van der Waals surface area contributed by atoms with Crippen molar-refractivity contribution in [2.45, 2.75) is 19.3 Å². The molecule has 2 aromatic rings. The van der Waals surface area contributed by atoms with Gasteiger partial charge >= 0.3 is 0 Å². The topological polar surface area (TPSA) is 54.7 Å². The van der Waals surface area contributed by atoms with E-state index in [-0.39, 0.29) is 0 Å². The fraction of sp³-hybridized carbons (Fsp3) is 0.364. The Morgan fingerprint density at radius 1 is 1.60 bits per heavy atom. The Bertz CT molecular complexity index is 401. The van der Waals surface area contributed by atoms with E-state index in [4.69, 9.17) is 5.73 Å². The monoisotopic (exact) mass is 221 g/mol. The fourth-order valence-corrected chi connectivity index (χ4v) is 2.45. The Balaban J connectivity index is 2.24. The van der Waals surface area contributed by atoms with Gasteiger partial charge in [0.15, 0.2) is 0 Å². The summed E-state index contributed by atoms with van der Waals surface area (Å²) < 4.78 is 0. The smallest absolute Gasteiger partial charge is 0.139 e. The normalized spacial score (nSPS) is 12.9. The zero-order valence-corrected chi connectivity index (χ0v) is 9.55. The Kier molecular flexibility index (Phi) is 3.18. The van der Waals surface area contributed by atoms with Crippen molar-refractivity contribution in [3.05, 3.63) is 29.4 Å². The van der Waals surface area contributed by atoms with E-state index in [1.807, 2.05) is 18.3 Å².